The van der Waals surface area contributed by atoms with Gasteiger partial charge in [0.2, 0.25) is 0 Å². The number of thioether (sulfide) groups is 1. The Kier molecular flexibility index (Phi) is 6.06. The van der Waals surface area contributed by atoms with Gasteiger partial charge < -0.3 is 0 Å². The van der Waals surface area contributed by atoms with Crippen LogP contribution in [0.15, 0.2) is 96.2 Å². The lowest BCUT2D eigenvalue weighted by Crippen LogP contribution is -2.07. The molecule has 3 nitrogen and oxygen atoms in total. The van der Waals surface area contributed by atoms with Crippen molar-refractivity contribution in [1.29, 1.82) is 0 Å². The van der Waals surface area contributed by atoms with Gasteiger partial charge in [-0.1, -0.05) is 84.0 Å². The maximum absolute atomic E-state index is 13.4. The number of aromatic nitrogens is 3. The second kappa shape index (κ2) is 9.16. The highest BCUT2D eigenvalue weighted by Gasteiger charge is 2.31. The van der Waals surface area contributed by atoms with Crippen molar-refractivity contribution >= 4 is 34.1 Å². The van der Waals surface area contributed by atoms with E-state index in [0.717, 1.165) is 28.5 Å². The zero-order valence-corrected chi connectivity index (χ0v) is 19.2. The molecule has 0 aliphatic heterocycles. The second-order valence-corrected chi connectivity index (χ2v) is 8.95. The average molecular weight is 496 g/mol. The molecular weight excluding hydrogens is 479 g/mol. The molecule has 1 aromatic heterocycles. The zero-order valence-electron chi connectivity index (χ0n) is 17.6. The average Bonchev–Trinajstić information content (AvgIpc) is 3.26. The molecule has 0 saturated heterocycles. The van der Waals surface area contributed by atoms with E-state index in [0.29, 0.717) is 33.0 Å². The van der Waals surface area contributed by atoms with Crippen LogP contribution in [0, 0.1) is 0 Å². The molecule has 0 amide bonds. The highest BCUT2D eigenvalue weighted by atomic mass is 35.5. The Hall–Kier alpha value is -3.29. The van der Waals surface area contributed by atoms with Gasteiger partial charge in [0.05, 0.1) is 16.3 Å². The topological polar surface area (TPSA) is 30.7 Å². The van der Waals surface area contributed by atoms with Crippen LogP contribution in [0.4, 0.5) is 13.2 Å². The summed E-state index contributed by atoms with van der Waals surface area (Å²) in [5.41, 5.74) is 1.26. The summed E-state index contributed by atoms with van der Waals surface area (Å²) in [5.74, 6) is 0.950. The summed E-state index contributed by atoms with van der Waals surface area (Å²) >= 11 is 7.81. The first-order chi connectivity index (χ1) is 16.4. The number of halogens is 4. The highest BCUT2D eigenvalue weighted by molar-refractivity contribution is 7.98. The number of rotatable bonds is 5. The van der Waals surface area contributed by atoms with Gasteiger partial charge in [0.25, 0.3) is 0 Å². The standard InChI is InChI=1S/C26H17ClF3N3S/c27-23-14-4-3-13-22(23)24-31-32-25(33(24)20-11-6-10-19(15-20)26(28,29)30)34-16-18-9-5-8-17-7-1-2-12-21(17)18/h1-15H,16H2. The van der Waals surface area contributed by atoms with E-state index in [9.17, 15) is 13.2 Å². The summed E-state index contributed by atoms with van der Waals surface area (Å²) in [7, 11) is 0. The lowest BCUT2D eigenvalue weighted by atomic mass is 10.1. The molecule has 0 atom stereocenters. The molecule has 5 rings (SSSR count). The van der Waals surface area contributed by atoms with Crippen LogP contribution in [-0.2, 0) is 11.9 Å². The minimum Gasteiger partial charge on any atom is -0.270 e. The van der Waals surface area contributed by atoms with Crippen LogP contribution in [-0.4, -0.2) is 14.8 Å². The maximum Gasteiger partial charge on any atom is 0.416 e. The van der Waals surface area contributed by atoms with Crippen molar-refractivity contribution in [1.82, 2.24) is 14.8 Å². The normalized spacial score (nSPS) is 11.8. The van der Waals surface area contributed by atoms with E-state index in [1.54, 1.807) is 34.9 Å². The van der Waals surface area contributed by atoms with Crippen LogP contribution in [0.5, 0.6) is 0 Å². The van der Waals surface area contributed by atoms with Gasteiger partial charge in [-0.15, -0.1) is 10.2 Å². The third-order valence-electron chi connectivity index (χ3n) is 5.42. The minimum atomic E-state index is -4.47. The van der Waals surface area contributed by atoms with E-state index in [-0.39, 0.29) is 0 Å². The number of benzene rings is 4. The van der Waals surface area contributed by atoms with Crippen LogP contribution in [0.2, 0.25) is 5.02 Å². The maximum atomic E-state index is 13.4. The highest BCUT2D eigenvalue weighted by Crippen LogP contribution is 2.36. The molecule has 4 aromatic carbocycles. The first-order valence-corrected chi connectivity index (χ1v) is 11.8. The zero-order chi connectivity index (χ0) is 23.7. The third kappa shape index (κ3) is 4.41. The predicted molar refractivity (Wildman–Crippen MR) is 130 cm³/mol. The van der Waals surface area contributed by atoms with Crippen molar-refractivity contribution in [2.24, 2.45) is 0 Å². The number of hydrogen-bond donors (Lipinski definition) is 0. The van der Waals surface area contributed by atoms with Gasteiger partial charge >= 0.3 is 6.18 Å². The molecular formula is C26H17ClF3N3S. The van der Waals surface area contributed by atoms with Gasteiger partial charge in [0, 0.05) is 11.3 Å². The monoisotopic (exact) mass is 495 g/mol. The fourth-order valence-corrected chi connectivity index (χ4v) is 4.97. The molecule has 0 unspecified atom stereocenters. The Balaban J connectivity index is 1.60. The quantitative estimate of drug-likeness (QED) is 0.231. The number of alkyl halides is 3. The molecule has 0 radical (unpaired) electrons. The van der Waals surface area contributed by atoms with E-state index in [2.05, 4.69) is 16.3 Å². The lowest BCUT2D eigenvalue weighted by Gasteiger charge is -2.14. The van der Waals surface area contributed by atoms with Crippen molar-refractivity contribution in [3.63, 3.8) is 0 Å². The van der Waals surface area contributed by atoms with Gasteiger partial charge in [0.15, 0.2) is 11.0 Å². The Labute approximate surface area is 203 Å². The molecule has 8 heteroatoms. The SMILES string of the molecule is FC(F)(F)c1cccc(-n2c(SCc3cccc4ccccc34)nnc2-c2ccccc2Cl)c1. The Morgan fingerprint density at radius 2 is 1.56 bits per heavy atom. The molecule has 170 valence electrons. The number of hydrogen-bond acceptors (Lipinski definition) is 3. The molecule has 0 saturated carbocycles. The number of fused-ring (bicyclic) bond motifs is 1. The minimum absolute atomic E-state index is 0.315. The predicted octanol–water partition coefficient (Wildman–Crippen LogP) is 8.05. The summed E-state index contributed by atoms with van der Waals surface area (Å²) in [6.45, 7) is 0. The van der Waals surface area contributed by atoms with Gasteiger partial charge in [0.1, 0.15) is 0 Å². The fourth-order valence-electron chi connectivity index (χ4n) is 3.80. The lowest BCUT2D eigenvalue weighted by molar-refractivity contribution is -0.137. The molecule has 0 aliphatic carbocycles. The van der Waals surface area contributed by atoms with Crippen LogP contribution in [0.25, 0.3) is 27.8 Å². The van der Waals surface area contributed by atoms with Gasteiger partial charge in [-0.2, -0.15) is 13.2 Å². The van der Waals surface area contributed by atoms with Gasteiger partial charge in [-0.3, -0.25) is 4.57 Å². The van der Waals surface area contributed by atoms with Crippen molar-refractivity contribution in [2.75, 3.05) is 0 Å². The smallest absolute Gasteiger partial charge is 0.270 e. The fraction of sp³-hybridized carbons (Fsp3) is 0.0769. The van der Waals surface area contributed by atoms with E-state index >= 15 is 0 Å². The summed E-state index contributed by atoms with van der Waals surface area (Å²) < 4.78 is 42.0. The van der Waals surface area contributed by atoms with E-state index in [4.69, 9.17) is 11.6 Å². The molecule has 34 heavy (non-hydrogen) atoms. The number of nitrogens with zero attached hydrogens (tertiary/aromatic N) is 3. The molecule has 1 heterocycles. The van der Waals surface area contributed by atoms with Crippen molar-refractivity contribution in [2.45, 2.75) is 17.1 Å². The summed E-state index contributed by atoms with van der Waals surface area (Å²) in [4.78, 5) is 0. The van der Waals surface area contributed by atoms with E-state index in [1.807, 2.05) is 36.4 Å². The Morgan fingerprint density at radius 3 is 2.38 bits per heavy atom. The van der Waals surface area contributed by atoms with Gasteiger partial charge in [-0.25, -0.2) is 0 Å². The van der Waals surface area contributed by atoms with Crippen LogP contribution in [0.1, 0.15) is 11.1 Å². The van der Waals surface area contributed by atoms with Crippen LogP contribution >= 0.6 is 23.4 Å². The second-order valence-electron chi connectivity index (χ2n) is 7.60. The van der Waals surface area contributed by atoms with Crippen molar-refractivity contribution in [3.05, 3.63) is 107 Å². The van der Waals surface area contributed by atoms with Crippen molar-refractivity contribution < 1.29 is 13.2 Å². The Morgan fingerprint density at radius 1 is 0.824 bits per heavy atom. The molecule has 0 fully saturated rings. The third-order valence-corrected chi connectivity index (χ3v) is 6.72. The largest absolute Gasteiger partial charge is 0.416 e. The summed E-state index contributed by atoms with van der Waals surface area (Å²) in [6.07, 6.45) is -4.47. The van der Waals surface area contributed by atoms with Crippen LogP contribution < -0.4 is 0 Å². The molecule has 0 N–H and O–H groups in total. The van der Waals surface area contributed by atoms with Crippen molar-refractivity contribution in [3.8, 4) is 17.1 Å². The summed E-state index contributed by atoms with van der Waals surface area (Å²) in [5, 5.41) is 11.8. The summed E-state index contributed by atoms with van der Waals surface area (Å²) in [6, 6.07) is 26.4. The van der Waals surface area contributed by atoms with E-state index in [1.165, 1.54) is 17.8 Å². The molecule has 0 bridgehead atoms. The van der Waals surface area contributed by atoms with Gasteiger partial charge in [-0.05, 0) is 46.7 Å². The first kappa shape index (κ1) is 22.5. The first-order valence-electron chi connectivity index (χ1n) is 10.4. The molecule has 5 aromatic rings. The molecule has 0 spiro atoms. The van der Waals surface area contributed by atoms with E-state index < -0.39 is 11.7 Å². The van der Waals surface area contributed by atoms with Crippen LogP contribution in [0.3, 0.4) is 0 Å². The molecule has 0 aliphatic rings. The Bertz CT molecular complexity index is 1470.